The molecule has 5 heteroatoms. The molecule has 5 nitrogen and oxygen atoms in total. The molecular weight excluding hydrogens is 252 g/mol. The highest BCUT2D eigenvalue weighted by atomic mass is 16.5. The van der Waals surface area contributed by atoms with E-state index in [0.717, 1.165) is 37.9 Å². The second kappa shape index (κ2) is 6.57. The van der Waals surface area contributed by atoms with Gasteiger partial charge in [0.25, 0.3) is 5.95 Å². The van der Waals surface area contributed by atoms with E-state index < -0.39 is 0 Å². The molecule has 0 aromatic carbocycles. The monoisotopic (exact) mass is 280 g/mol. The summed E-state index contributed by atoms with van der Waals surface area (Å²) in [5, 5.41) is 7.67. The Morgan fingerprint density at radius 3 is 2.55 bits per heavy atom. The van der Waals surface area contributed by atoms with Gasteiger partial charge in [-0.3, -0.25) is 0 Å². The minimum Gasteiger partial charge on any atom is -0.338 e. The van der Waals surface area contributed by atoms with Gasteiger partial charge in [-0.05, 0) is 36.4 Å². The second-order valence-electron chi connectivity index (χ2n) is 6.72. The Labute approximate surface area is 122 Å². The molecule has 1 unspecified atom stereocenters. The maximum Gasteiger partial charge on any atom is 0.266 e. The molecule has 1 aromatic rings. The van der Waals surface area contributed by atoms with Crippen LogP contribution in [0.3, 0.4) is 0 Å². The fourth-order valence-electron chi connectivity index (χ4n) is 2.66. The third kappa shape index (κ3) is 3.95. The van der Waals surface area contributed by atoms with Gasteiger partial charge in [0, 0.05) is 25.6 Å². The molecule has 0 amide bonds. The number of aromatic nitrogens is 2. The lowest BCUT2D eigenvalue weighted by Gasteiger charge is -2.30. The summed E-state index contributed by atoms with van der Waals surface area (Å²) >= 11 is 0. The van der Waals surface area contributed by atoms with E-state index in [9.17, 15) is 0 Å². The van der Waals surface area contributed by atoms with E-state index in [1.807, 2.05) is 0 Å². The van der Waals surface area contributed by atoms with Crippen LogP contribution in [0.5, 0.6) is 0 Å². The van der Waals surface area contributed by atoms with Gasteiger partial charge in [0.05, 0.1) is 0 Å². The van der Waals surface area contributed by atoms with E-state index in [4.69, 9.17) is 4.52 Å². The summed E-state index contributed by atoms with van der Waals surface area (Å²) in [4.78, 5) is 6.81. The predicted octanol–water partition coefficient (Wildman–Crippen LogP) is 2.63. The number of hydrogen-bond donors (Lipinski definition) is 1. The standard InChI is InChI=1S/C15H28N4O/c1-5-16-12(15(2,3)4)11-13-17-14(18-20-13)19-9-7-6-8-10-19/h12,16H,5-11H2,1-4H3. The lowest BCUT2D eigenvalue weighted by Crippen LogP contribution is -2.42. The van der Waals surface area contributed by atoms with Crippen molar-refractivity contribution in [3.05, 3.63) is 5.89 Å². The van der Waals surface area contributed by atoms with Crippen molar-refractivity contribution in [3.8, 4) is 0 Å². The van der Waals surface area contributed by atoms with Gasteiger partial charge < -0.3 is 14.7 Å². The molecule has 20 heavy (non-hydrogen) atoms. The summed E-state index contributed by atoms with van der Waals surface area (Å²) < 4.78 is 5.45. The molecule has 2 heterocycles. The van der Waals surface area contributed by atoms with Gasteiger partial charge in [0.2, 0.25) is 5.89 Å². The Morgan fingerprint density at radius 1 is 1.25 bits per heavy atom. The Hall–Kier alpha value is -1.10. The summed E-state index contributed by atoms with van der Waals surface area (Å²) in [6.45, 7) is 11.9. The van der Waals surface area contributed by atoms with Crippen molar-refractivity contribution in [1.29, 1.82) is 0 Å². The number of piperidine rings is 1. The molecular formula is C15H28N4O. The van der Waals surface area contributed by atoms with Crippen LogP contribution in [0.25, 0.3) is 0 Å². The van der Waals surface area contributed by atoms with Gasteiger partial charge in [-0.2, -0.15) is 4.98 Å². The number of likely N-dealkylation sites (N-methyl/N-ethyl adjacent to an activating group) is 1. The molecule has 114 valence electrons. The topological polar surface area (TPSA) is 54.2 Å². The van der Waals surface area contributed by atoms with E-state index in [1.54, 1.807) is 0 Å². The van der Waals surface area contributed by atoms with Crippen molar-refractivity contribution in [2.24, 2.45) is 5.41 Å². The molecule has 1 aliphatic heterocycles. The number of rotatable bonds is 5. The maximum atomic E-state index is 5.45. The molecule has 1 fully saturated rings. The molecule has 1 atom stereocenters. The van der Waals surface area contributed by atoms with Crippen molar-refractivity contribution in [2.75, 3.05) is 24.5 Å². The largest absolute Gasteiger partial charge is 0.338 e. The lowest BCUT2D eigenvalue weighted by atomic mass is 9.85. The highest BCUT2D eigenvalue weighted by Gasteiger charge is 2.26. The maximum absolute atomic E-state index is 5.45. The van der Waals surface area contributed by atoms with Gasteiger partial charge in [0.1, 0.15) is 0 Å². The fourth-order valence-corrected chi connectivity index (χ4v) is 2.66. The molecule has 1 N–H and O–H groups in total. The van der Waals surface area contributed by atoms with Crippen LogP contribution in [-0.2, 0) is 6.42 Å². The van der Waals surface area contributed by atoms with Crippen molar-refractivity contribution >= 4 is 5.95 Å². The van der Waals surface area contributed by atoms with Crippen LogP contribution >= 0.6 is 0 Å². The van der Waals surface area contributed by atoms with Gasteiger partial charge >= 0.3 is 0 Å². The molecule has 0 bridgehead atoms. The van der Waals surface area contributed by atoms with Gasteiger partial charge in [0.15, 0.2) is 0 Å². The first-order valence-corrected chi connectivity index (χ1v) is 7.81. The highest BCUT2D eigenvalue weighted by molar-refractivity contribution is 5.28. The van der Waals surface area contributed by atoms with E-state index in [1.165, 1.54) is 19.3 Å². The average molecular weight is 280 g/mol. The van der Waals surface area contributed by atoms with Crippen LogP contribution in [0.4, 0.5) is 5.95 Å². The zero-order valence-electron chi connectivity index (χ0n) is 13.3. The summed E-state index contributed by atoms with van der Waals surface area (Å²) in [6, 6.07) is 0.349. The first kappa shape index (κ1) is 15.3. The SMILES string of the molecule is CCNC(Cc1nc(N2CCCCC2)no1)C(C)(C)C. The van der Waals surface area contributed by atoms with Crippen LogP contribution in [0.1, 0.15) is 52.8 Å². The molecule has 1 saturated heterocycles. The van der Waals surface area contributed by atoms with E-state index >= 15 is 0 Å². The molecule has 2 rings (SSSR count). The van der Waals surface area contributed by atoms with Crippen molar-refractivity contribution in [2.45, 2.75) is 59.4 Å². The first-order valence-electron chi connectivity index (χ1n) is 7.81. The van der Waals surface area contributed by atoms with Crippen LogP contribution in [0.2, 0.25) is 0 Å². The second-order valence-corrected chi connectivity index (χ2v) is 6.72. The van der Waals surface area contributed by atoms with Crippen molar-refractivity contribution < 1.29 is 4.52 Å². The normalized spacial score (nSPS) is 18.3. The van der Waals surface area contributed by atoms with Gasteiger partial charge in [-0.15, -0.1) is 0 Å². The summed E-state index contributed by atoms with van der Waals surface area (Å²) in [5.41, 5.74) is 0.176. The minimum absolute atomic E-state index is 0.176. The van der Waals surface area contributed by atoms with Gasteiger partial charge in [-0.1, -0.05) is 27.7 Å². The summed E-state index contributed by atoms with van der Waals surface area (Å²) in [6.07, 6.45) is 4.56. The minimum atomic E-state index is 0.176. The van der Waals surface area contributed by atoms with E-state index in [2.05, 4.69) is 48.1 Å². The Morgan fingerprint density at radius 2 is 1.95 bits per heavy atom. The lowest BCUT2D eigenvalue weighted by molar-refractivity contribution is 0.247. The number of hydrogen-bond acceptors (Lipinski definition) is 5. The van der Waals surface area contributed by atoms with Crippen LogP contribution in [0.15, 0.2) is 4.52 Å². The van der Waals surface area contributed by atoms with Crippen molar-refractivity contribution in [1.82, 2.24) is 15.5 Å². The number of nitrogens with zero attached hydrogens (tertiary/aromatic N) is 3. The highest BCUT2D eigenvalue weighted by Crippen LogP contribution is 2.23. The molecule has 0 spiro atoms. The Kier molecular flexibility index (Phi) is 5.02. The fraction of sp³-hybridized carbons (Fsp3) is 0.867. The first-order chi connectivity index (χ1) is 9.50. The number of anilines is 1. The smallest absolute Gasteiger partial charge is 0.266 e. The molecule has 0 aliphatic carbocycles. The van der Waals surface area contributed by atoms with Crippen LogP contribution < -0.4 is 10.2 Å². The molecule has 0 radical (unpaired) electrons. The average Bonchev–Trinajstić information content (AvgIpc) is 2.87. The Balaban J connectivity index is 2.00. The third-order valence-corrected chi connectivity index (χ3v) is 3.97. The van der Waals surface area contributed by atoms with Crippen molar-refractivity contribution in [3.63, 3.8) is 0 Å². The zero-order valence-corrected chi connectivity index (χ0v) is 13.3. The molecule has 1 aromatic heterocycles. The predicted molar refractivity (Wildman–Crippen MR) is 81.0 cm³/mol. The Bertz CT molecular complexity index is 404. The number of nitrogens with one attached hydrogen (secondary N) is 1. The van der Waals surface area contributed by atoms with E-state index in [0.29, 0.717) is 6.04 Å². The third-order valence-electron chi connectivity index (χ3n) is 3.97. The van der Waals surface area contributed by atoms with Crippen LogP contribution in [0, 0.1) is 5.41 Å². The summed E-state index contributed by atoms with van der Waals surface area (Å²) in [5.74, 6) is 1.51. The summed E-state index contributed by atoms with van der Waals surface area (Å²) in [7, 11) is 0. The quantitative estimate of drug-likeness (QED) is 0.898. The van der Waals surface area contributed by atoms with E-state index in [-0.39, 0.29) is 5.41 Å². The van der Waals surface area contributed by atoms with Crippen LogP contribution in [-0.4, -0.2) is 35.8 Å². The van der Waals surface area contributed by atoms with Gasteiger partial charge in [-0.25, -0.2) is 0 Å². The molecule has 1 aliphatic rings. The zero-order chi connectivity index (χ0) is 14.6. The molecule has 0 saturated carbocycles.